The molecule has 1 aromatic rings. The molecule has 122 valence electrons. The van der Waals surface area contributed by atoms with Crippen molar-refractivity contribution in [2.24, 2.45) is 0 Å². The molecule has 22 heavy (non-hydrogen) atoms. The molecule has 4 nitrogen and oxygen atoms in total. The summed E-state index contributed by atoms with van der Waals surface area (Å²) in [6.07, 6.45) is 7.62. The van der Waals surface area contributed by atoms with E-state index < -0.39 is 5.72 Å². The standard InChI is InChI=1S/C18H28N2O2/c1-3-5-6-13-18(21)17(8-7-14-19-18)20-15-9-11-16(12-10-15)22-4-2/h4,9-12,17,19-21H,2-3,5-8,13-14H2,1H3. The van der Waals surface area contributed by atoms with Crippen molar-refractivity contribution in [1.29, 1.82) is 0 Å². The number of unbranched alkanes of at least 4 members (excludes halogenated alkanes) is 2. The molecule has 1 aromatic carbocycles. The average molecular weight is 304 g/mol. The van der Waals surface area contributed by atoms with Gasteiger partial charge in [0, 0.05) is 5.69 Å². The van der Waals surface area contributed by atoms with Gasteiger partial charge in [0.1, 0.15) is 11.5 Å². The number of rotatable bonds is 8. The molecule has 0 radical (unpaired) electrons. The minimum absolute atomic E-state index is 0.0317. The van der Waals surface area contributed by atoms with Gasteiger partial charge in [0.15, 0.2) is 0 Å². The Bertz CT molecular complexity index is 461. The molecule has 0 aliphatic carbocycles. The first-order valence-electron chi connectivity index (χ1n) is 8.29. The number of anilines is 1. The van der Waals surface area contributed by atoms with Crippen LogP contribution in [0.15, 0.2) is 37.1 Å². The molecular formula is C18H28N2O2. The van der Waals surface area contributed by atoms with Crippen molar-refractivity contribution in [1.82, 2.24) is 5.32 Å². The van der Waals surface area contributed by atoms with Crippen LogP contribution in [0.4, 0.5) is 5.69 Å². The lowest BCUT2D eigenvalue weighted by atomic mass is 9.89. The van der Waals surface area contributed by atoms with Crippen molar-refractivity contribution < 1.29 is 9.84 Å². The van der Waals surface area contributed by atoms with Gasteiger partial charge in [0.25, 0.3) is 0 Å². The quantitative estimate of drug-likeness (QED) is 0.507. The largest absolute Gasteiger partial charge is 0.466 e. The molecule has 2 unspecified atom stereocenters. The molecule has 3 N–H and O–H groups in total. The van der Waals surface area contributed by atoms with Crippen molar-refractivity contribution in [3.8, 4) is 5.75 Å². The Morgan fingerprint density at radius 1 is 1.41 bits per heavy atom. The molecule has 0 spiro atoms. The highest BCUT2D eigenvalue weighted by molar-refractivity contribution is 5.47. The maximum Gasteiger partial charge on any atom is 0.136 e. The highest BCUT2D eigenvalue weighted by atomic mass is 16.5. The topological polar surface area (TPSA) is 53.5 Å². The number of hydrogen-bond donors (Lipinski definition) is 3. The predicted molar refractivity (Wildman–Crippen MR) is 91.0 cm³/mol. The number of hydrogen-bond acceptors (Lipinski definition) is 4. The van der Waals surface area contributed by atoms with Gasteiger partial charge in [-0.1, -0.05) is 26.3 Å². The molecule has 1 aliphatic rings. The highest BCUT2D eigenvalue weighted by Gasteiger charge is 2.38. The Morgan fingerprint density at radius 2 is 2.18 bits per heavy atom. The Kier molecular flexibility index (Phi) is 6.28. The lowest BCUT2D eigenvalue weighted by Crippen LogP contribution is -2.60. The van der Waals surface area contributed by atoms with Crippen molar-refractivity contribution in [3.05, 3.63) is 37.1 Å². The zero-order chi connectivity index (χ0) is 15.8. The first-order chi connectivity index (χ1) is 10.7. The summed E-state index contributed by atoms with van der Waals surface area (Å²) in [4.78, 5) is 0. The summed E-state index contributed by atoms with van der Waals surface area (Å²) in [6.45, 7) is 6.61. The van der Waals surface area contributed by atoms with Crippen molar-refractivity contribution in [2.45, 2.75) is 57.2 Å². The van der Waals surface area contributed by atoms with Crippen molar-refractivity contribution in [2.75, 3.05) is 11.9 Å². The first kappa shape index (κ1) is 16.8. The van der Waals surface area contributed by atoms with Crippen molar-refractivity contribution in [3.63, 3.8) is 0 Å². The lowest BCUT2D eigenvalue weighted by Gasteiger charge is -2.42. The number of piperidine rings is 1. The van der Waals surface area contributed by atoms with E-state index >= 15 is 0 Å². The summed E-state index contributed by atoms with van der Waals surface area (Å²) in [6, 6.07) is 7.77. The smallest absolute Gasteiger partial charge is 0.136 e. The molecule has 0 amide bonds. The molecule has 0 saturated carbocycles. The fraction of sp³-hybridized carbons (Fsp3) is 0.556. The van der Waals surface area contributed by atoms with E-state index in [1.807, 2.05) is 24.3 Å². The van der Waals surface area contributed by atoms with E-state index in [-0.39, 0.29) is 6.04 Å². The first-order valence-corrected chi connectivity index (χ1v) is 8.29. The second-order valence-corrected chi connectivity index (χ2v) is 5.96. The minimum Gasteiger partial charge on any atom is -0.466 e. The summed E-state index contributed by atoms with van der Waals surface area (Å²) >= 11 is 0. The Morgan fingerprint density at radius 3 is 2.86 bits per heavy atom. The van der Waals surface area contributed by atoms with Crippen LogP contribution < -0.4 is 15.4 Å². The van der Waals surface area contributed by atoms with Crippen LogP contribution in [0.2, 0.25) is 0 Å². The van der Waals surface area contributed by atoms with E-state index in [2.05, 4.69) is 24.1 Å². The summed E-state index contributed by atoms with van der Waals surface area (Å²) < 4.78 is 5.23. The zero-order valence-electron chi connectivity index (χ0n) is 13.5. The van der Waals surface area contributed by atoms with E-state index in [1.54, 1.807) is 0 Å². The third kappa shape index (κ3) is 4.49. The lowest BCUT2D eigenvalue weighted by molar-refractivity contribution is -0.0384. The summed E-state index contributed by atoms with van der Waals surface area (Å²) in [5.41, 5.74) is 0.183. The van der Waals surface area contributed by atoms with Gasteiger partial charge in [-0.25, -0.2) is 0 Å². The molecule has 1 aliphatic heterocycles. The number of aliphatic hydroxyl groups is 1. The van der Waals surface area contributed by atoms with Gasteiger partial charge in [-0.3, -0.25) is 5.32 Å². The molecule has 0 aromatic heterocycles. The van der Waals surface area contributed by atoms with Crippen LogP contribution >= 0.6 is 0 Å². The summed E-state index contributed by atoms with van der Waals surface area (Å²) in [7, 11) is 0. The van der Waals surface area contributed by atoms with Crippen LogP contribution in [0.25, 0.3) is 0 Å². The Balaban J connectivity index is 1.99. The van der Waals surface area contributed by atoms with Crippen LogP contribution in [-0.2, 0) is 0 Å². The Labute approximate surface area is 133 Å². The third-order valence-electron chi connectivity index (χ3n) is 4.25. The fourth-order valence-electron chi connectivity index (χ4n) is 3.00. The van der Waals surface area contributed by atoms with E-state index in [4.69, 9.17) is 4.74 Å². The van der Waals surface area contributed by atoms with Crippen molar-refractivity contribution >= 4 is 5.69 Å². The predicted octanol–water partition coefficient (Wildman–Crippen LogP) is 3.64. The van der Waals surface area contributed by atoms with Gasteiger partial charge in [-0.15, -0.1) is 0 Å². The minimum atomic E-state index is -0.816. The van der Waals surface area contributed by atoms with Gasteiger partial charge in [-0.05, 0) is 56.5 Å². The fourth-order valence-corrected chi connectivity index (χ4v) is 3.00. The van der Waals surface area contributed by atoms with E-state index in [1.165, 1.54) is 12.7 Å². The maximum absolute atomic E-state index is 10.9. The van der Waals surface area contributed by atoms with Gasteiger partial charge < -0.3 is 15.2 Å². The third-order valence-corrected chi connectivity index (χ3v) is 4.25. The van der Waals surface area contributed by atoms with Gasteiger partial charge >= 0.3 is 0 Å². The number of benzene rings is 1. The highest BCUT2D eigenvalue weighted by Crippen LogP contribution is 2.27. The van der Waals surface area contributed by atoms with Gasteiger partial charge in [-0.2, -0.15) is 0 Å². The van der Waals surface area contributed by atoms with Crippen LogP contribution in [0, 0.1) is 0 Å². The number of nitrogens with one attached hydrogen (secondary N) is 2. The van der Waals surface area contributed by atoms with E-state index in [0.29, 0.717) is 0 Å². The van der Waals surface area contributed by atoms with Crippen LogP contribution in [-0.4, -0.2) is 23.4 Å². The summed E-state index contributed by atoms with van der Waals surface area (Å²) in [5.74, 6) is 0.764. The van der Waals surface area contributed by atoms with Gasteiger partial charge in [0.05, 0.1) is 12.3 Å². The van der Waals surface area contributed by atoms with Crippen LogP contribution in [0.3, 0.4) is 0 Å². The average Bonchev–Trinajstić information content (AvgIpc) is 2.52. The normalized spacial score (nSPS) is 24.7. The van der Waals surface area contributed by atoms with Crippen LogP contribution in [0.1, 0.15) is 45.4 Å². The molecule has 2 atom stereocenters. The molecule has 0 bridgehead atoms. The molecular weight excluding hydrogens is 276 g/mol. The molecule has 1 fully saturated rings. The molecule has 2 rings (SSSR count). The van der Waals surface area contributed by atoms with Crippen LogP contribution in [0.5, 0.6) is 5.75 Å². The molecule has 1 saturated heterocycles. The second-order valence-electron chi connectivity index (χ2n) is 5.96. The SMILES string of the molecule is C=COc1ccc(NC2CCCNC2(O)CCCCC)cc1. The van der Waals surface area contributed by atoms with E-state index in [9.17, 15) is 5.11 Å². The number of ether oxygens (including phenoxy) is 1. The Hall–Kier alpha value is -1.52. The van der Waals surface area contributed by atoms with Gasteiger partial charge in [0.2, 0.25) is 0 Å². The molecule has 4 heteroatoms. The second kappa shape index (κ2) is 8.20. The van der Waals surface area contributed by atoms with E-state index in [0.717, 1.165) is 50.1 Å². The monoisotopic (exact) mass is 304 g/mol. The molecule has 1 heterocycles. The summed E-state index contributed by atoms with van der Waals surface area (Å²) in [5, 5.41) is 17.7. The maximum atomic E-state index is 10.9. The zero-order valence-corrected chi connectivity index (χ0v) is 13.5.